The van der Waals surface area contributed by atoms with Gasteiger partial charge in [0, 0.05) is 23.6 Å². The molecule has 1 amide bonds. The molecule has 1 aromatic carbocycles. The van der Waals surface area contributed by atoms with Crippen molar-refractivity contribution in [1.29, 1.82) is 0 Å². The quantitative estimate of drug-likeness (QED) is 0.850. The SMILES string of the molecule is CCCN(C(=O)c1nnn(-c2cccc(Br)c2)c1C)C1CCNC1. The summed E-state index contributed by atoms with van der Waals surface area (Å²) in [5.41, 5.74) is 2.10. The number of carbonyl (C=O) groups is 1. The molecule has 7 heteroatoms. The Kier molecular flexibility index (Phi) is 5.30. The maximum Gasteiger partial charge on any atom is 0.276 e. The maximum atomic E-state index is 13.0. The van der Waals surface area contributed by atoms with Crippen LogP contribution in [0.25, 0.3) is 5.69 Å². The van der Waals surface area contributed by atoms with Crippen LogP contribution in [0.2, 0.25) is 0 Å². The number of carbonyl (C=O) groups excluding carboxylic acids is 1. The highest BCUT2D eigenvalue weighted by Crippen LogP contribution is 2.19. The van der Waals surface area contributed by atoms with Gasteiger partial charge in [0.05, 0.1) is 11.4 Å². The van der Waals surface area contributed by atoms with Gasteiger partial charge < -0.3 is 10.2 Å². The molecule has 2 aromatic rings. The molecule has 0 spiro atoms. The summed E-state index contributed by atoms with van der Waals surface area (Å²) in [6, 6.07) is 8.05. The maximum absolute atomic E-state index is 13.0. The van der Waals surface area contributed by atoms with Gasteiger partial charge in [0.1, 0.15) is 0 Å². The second kappa shape index (κ2) is 7.44. The number of halogens is 1. The summed E-state index contributed by atoms with van der Waals surface area (Å²) in [4.78, 5) is 15.0. The Morgan fingerprint density at radius 1 is 1.50 bits per heavy atom. The Morgan fingerprint density at radius 3 is 3.00 bits per heavy atom. The molecule has 0 bridgehead atoms. The van der Waals surface area contributed by atoms with Crippen LogP contribution in [0, 0.1) is 6.92 Å². The summed E-state index contributed by atoms with van der Waals surface area (Å²) >= 11 is 3.46. The number of amides is 1. The molecule has 24 heavy (non-hydrogen) atoms. The van der Waals surface area contributed by atoms with Gasteiger partial charge in [0.2, 0.25) is 0 Å². The number of hydrogen-bond donors (Lipinski definition) is 1. The molecule has 2 heterocycles. The van der Waals surface area contributed by atoms with Gasteiger partial charge in [0.15, 0.2) is 5.69 Å². The second-order valence-electron chi connectivity index (χ2n) is 6.06. The molecule has 1 aromatic heterocycles. The van der Waals surface area contributed by atoms with Crippen molar-refractivity contribution in [3.05, 3.63) is 40.1 Å². The second-order valence-corrected chi connectivity index (χ2v) is 6.98. The fraction of sp³-hybridized carbons (Fsp3) is 0.471. The van der Waals surface area contributed by atoms with E-state index in [9.17, 15) is 4.79 Å². The van der Waals surface area contributed by atoms with Crippen LogP contribution in [0.5, 0.6) is 0 Å². The lowest BCUT2D eigenvalue weighted by atomic mass is 10.1. The van der Waals surface area contributed by atoms with E-state index in [0.717, 1.165) is 48.3 Å². The van der Waals surface area contributed by atoms with Crippen molar-refractivity contribution in [2.24, 2.45) is 0 Å². The Bertz CT molecular complexity index is 724. The van der Waals surface area contributed by atoms with E-state index in [4.69, 9.17) is 0 Å². The third-order valence-corrected chi connectivity index (χ3v) is 4.84. The smallest absolute Gasteiger partial charge is 0.276 e. The van der Waals surface area contributed by atoms with Crippen LogP contribution in [0.4, 0.5) is 0 Å². The van der Waals surface area contributed by atoms with Gasteiger partial charge in [-0.15, -0.1) is 5.10 Å². The van der Waals surface area contributed by atoms with Gasteiger partial charge in [-0.2, -0.15) is 0 Å². The summed E-state index contributed by atoms with van der Waals surface area (Å²) in [5, 5.41) is 11.7. The molecular weight excluding hydrogens is 370 g/mol. The van der Waals surface area contributed by atoms with Gasteiger partial charge in [-0.25, -0.2) is 4.68 Å². The van der Waals surface area contributed by atoms with Crippen LogP contribution < -0.4 is 5.32 Å². The van der Waals surface area contributed by atoms with Gasteiger partial charge >= 0.3 is 0 Å². The molecule has 1 N–H and O–H groups in total. The van der Waals surface area contributed by atoms with Crippen molar-refractivity contribution in [3.8, 4) is 5.69 Å². The number of benzene rings is 1. The van der Waals surface area contributed by atoms with Crippen LogP contribution in [0.1, 0.15) is 35.9 Å². The third kappa shape index (κ3) is 3.37. The number of hydrogen-bond acceptors (Lipinski definition) is 4. The van der Waals surface area contributed by atoms with Crippen molar-refractivity contribution in [1.82, 2.24) is 25.2 Å². The molecule has 128 valence electrons. The zero-order valence-corrected chi connectivity index (χ0v) is 15.6. The predicted octanol–water partition coefficient (Wildman–Crippen LogP) is 2.55. The Labute approximate surface area is 150 Å². The normalized spacial score (nSPS) is 17.2. The van der Waals surface area contributed by atoms with E-state index >= 15 is 0 Å². The van der Waals surface area contributed by atoms with E-state index in [1.165, 1.54) is 0 Å². The average molecular weight is 392 g/mol. The molecule has 0 radical (unpaired) electrons. The molecule has 1 unspecified atom stereocenters. The molecule has 1 fully saturated rings. The number of aromatic nitrogens is 3. The van der Waals surface area contributed by atoms with Gasteiger partial charge in [-0.05, 0) is 44.5 Å². The van der Waals surface area contributed by atoms with Gasteiger partial charge in [-0.1, -0.05) is 34.1 Å². The standard InChI is InChI=1S/C17H22BrN5O/c1-3-9-22(15-7-8-19-11-15)17(24)16-12(2)23(21-20-16)14-6-4-5-13(18)10-14/h4-6,10,15,19H,3,7-9,11H2,1-2H3. The lowest BCUT2D eigenvalue weighted by Gasteiger charge is -2.27. The minimum Gasteiger partial charge on any atom is -0.333 e. The fourth-order valence-electron chi connectivity index (χ4n) is 3.11. The molecule has 1 atom stereocenters. The summed E-state index contributed by atoms with van der Waals surface area (Å²) in [6.45, 7) is 6.54. The number of rotatable bonds is 5. The minimum absolute atomic E-state index is 0.0238. The number of nitrogens with zero attached hydrogens (tertiary/aromatic N) is 4. The van der Waals surface area contributed by atoms with E-state index < -0.39 is 0 Å². The first-order valence-corrected chi connectivity index (χ1v) is 9.11. The highest BCUT2D eigenvalue weighted by molar-refractivity contribution is 9.10. The zero-order valence-electron chi connectivity index (χ0n) is 14.0. The minimum atomic E-state index is -0.0238. The highest BCUT2D eigenvalue weighted by Gasteiger charge is 2.29. The van der Waals surface area contributed by atoms with Crippen LogP contribution in [-0.4, -0.2) is 51.5 Å². The molecule has 1 aliphatic heterocycles. The molecule has 0 saturated carbocycles. The average Bonchev–Trinajstić information content (AvgIpc) is 3.21. The highest BCUT2D eigenvalue weighted by atomic mass is 79.9. The summed E-state index contributed by atoms with van der Waals surface area (Å²) in [5.74, 6) is -0.0238. The summed E-state index contributed by atoms with van der Waals surface area (Å²) in [7, 11) is 0. The molecule has 3 rings (SSSR count). The van der Waals surface area contributed by atoms with E-state index in [-0.39, 0.29) is 11.9 Å². The first-order chi connectivity index (χ1) is 11.6. The van der Waals surface area contributed by atoms with Crippen molar-refractivity contribution >= 4 is 21.8 Å². The Morgan fingerprint density at radius 2 is 2.33 bits per heavy atom. The largest absolute Gasteiger partial charge is 0.333 e. The Balaban J connectivity index is 1.90. The molecule has 0 aliphatic carbocycles. The van der Waals surface area contributed by atoms with Crippen molar-refractivity contribution in [3.63, 3.8) is 0 Å². The van der Waals surface area contributed by atoms with Crippen LogP contribution >= 0.6 is 15.9 Å². The number of nitrogens with one attached hydrogen (secondary N) is 1. The van der Waals surface area contributed by atoms with Crippen LogP contribution in [0.3, 0.4) is 0 Å². The van der Waals surface area contributed by atoms with Gasteiger partial charge in [0.25, 0.3) is 5.91 Å². The van der Waals surface area contributed by atoms with Crippen LogP contribution in [0.15, 0.2) is 28.7 Å². The van der Waals surface area contributed by atoms with E-state index in [0.29, 0.717) is 5.69 Å². The first kappa shape index (κ1) is 17.1. The van der Waals surface area contributed by atoms with E-state index in [1.54, 1.807) is 4.68 Å². The monoisotopic (exact) mass is 391 g/mol. The predicted molar refractivity (Wildman–Crippen MR) is 96.4 cm³/mol. The van der Waals surface area contributed by atoms with Gasteiger partial charge in [-0.3, -0.25) is 4.79 Å². The lowest BCUT2D eigenvalue weighted by Crippen LogP contribution is -2.42. The summed E-state index contributed by atoms with van der Waals surface area (Å²) < 4.78 is 2.68. The van der Waals surface area contributed by atoms with Crippen LogP contribution in [-0.2, 0) is 0 Å². The Hall–Kier alpha value is -1.73. The van der Waals surface area contributed by atoms with Crippen molar-refractivity contribution < 1.29 is 4.79 Å². The fourth-order valence-corrected chi connectivity index (χ4v) is 3.50. The molecule has 1 saturated heterocycles. The first-order valence-electron chi connectivity index (χ1n) is 8.31. The summed E-state index contributed by atoms with van der Waals surface area (Å²) in [6.07, 6.45) is 1.92. The third-order valence-electron chi connectivity index (χ3n) is 4.35. The van der Waals surface area contributed by atoms with Crippen molar-refractivity contribution in [2.45, 2.75) is 32.7 Å². The molecular formula is C17H22BrN5O. The zero-order chi connectivity index (χ0) is 17.1. The van der Waals surface area contributed by atoms with Crippen molar-refractivity contribution in [2.75, 3.05) is 19.6 Å². The van der Waals surface area contributed by atoms with E-state index in [1.807, 2.05) is 36.1 Å². The van der Waals surface area contributed by atoms with E-state index in [2.05, 4.69) is 38.5 Å². The molecule has 6 nitrogen and oxygen atoms in total. The lowest BCUT2D eigenvalue weighted by molar-refractivity contribution is 0.0685. The topological polar surface area (TPSA) is 63.1 Å². The molecule has 1 aliphatic rings.